The summed E-state index contributed by atoms with van der Waals surface area (Å²) in [5, 5.41) is 9.95. The highest BCUT2D eigenvalue weighted by molar-refractivity contribution is 7.18. The molecule has 0 radical (unpaired) electrons. The van der Waals surface area contributed by atoms with Crippen molar-refractivity contribution in [3.8, 4) is 0 Å². The van der Waals surface area contributed by atoms with Gasteiger partial charge in [-0.2, -0.15) is 0 Å². The van der Waals surface area contributed by atoms with Gasteiger partial charge in [0.15, 0.2) is 0 Å². The highest BCUT2D eigenvalue weighted by Crippen LogP contribution is 2.24. The third kappa shape index (κ3) is 2.86. The molecule has 2 rings (SSSR count). The average Bonchev–Trinajstić information content (AvgIpc) is 2.77. The highest BCUT2D eigenvalue weighted by Gasteiger charge is 2.09. The molecule has 1 aromatic carbocycles. The van der Waals surface area contributed by atoms with Gasteiger partial charge in [-0.1, -0.05) is 0 Å². The third-order valence-corrected chi connectivity index (χ3v) is 3.92. The van der Waals surface area contributed by atoms with Gasteiger partial charge in [0, 0.05) is 13.5 Å². The van der Waals surface area contributed by atoms with Crippen LogP contribution in [0.2, 0.25) is 0 Å². The maximum Gasteiger partial charge on any atom is 0.335 e. The predicted molar refractivity (Wildman–Crippen MR) is 71.4 cm³/mol. The van der Waals surface area contributed by atoms with E-state index in [1.54, 1.807) is 36.6 Å². The van der Waals surface area contributed by atoms with Gasteiger partial charge in [-0.3, -0.25) is 0 Å². The number of ether oxygens (including phenoxy) is 1. The van der Waals surface area contributed by atoms with E-state index in [1.165, 1.54) is 0 Å². The number of benzene rings is 1. The Morgan fingerprint density at radius 2 is 2.33 bits per heavy atom. The number of carboxylic acids is 1. The van der Waals surface area contributed by atoms with Crippen molar-refractivity contribution in [1.82, 2.24) is 4.98 Å². The molecular weight excluding hydrogens is 250 g/mol. The molecule has 4 nitrogen and oxygen atoms in total. The van der Waals surface area contributed by atoms with Crippen LogP contribution < -0.4 is 0 Å². The van der Waals surface area contributed by atoms with Gasteiger partial charge in [-0.05, 0) is 31.5 Å². The Morgan fingerprint density at radius 3 is 3.00 bits per heavy atom. The summed E-state index contributed by atoms with van der Waals surface area (Å²) >= 11 is 1.55. The summed E-state index contributed by atoms with van der Waals surface area (Å²) in [5.74, 6) is -0.903. The van der Waals surface area contributed by atoms with Crippen LogP contribution in [0, 0.1) is 0 Å². The molecule has 1 unspecified atom stereocenters. The summed E-state index contributed by atoms with van der Waals surface area (Å²) in [5.41, 5.74) is 1.17. The molecule has 0 aliphatic heterocycles. The second-order valence-corrected chi connectivity index (χ2v) is 5.30. The molecule has 1 N–H and O–H groups in total. The predicted octanol–water partition coefficient (Wildman–Crippen LogP) is 2.96. The van der Waals surface area contributed by atoms with Crippen LogP contribution in [0.3, 0.4) is 0 Å². The van der Waals surface area contributed by atoms with Crippen LogP contribution in [-0.4, -0.2) is 29.3 Å². The van der Waals surface area contributed by atoms with E-state index in [0.29, 0.717) is 5.56 Å². The summed E-state index contributed by atoms with van der Waals surface area (Å²) < 4.78 is 6.12. The number of fused-ring (bicyclic) bond motifs is 1. The monoisotopic (exact) mass is 265 g/mol. The maximum atomic E-state index is 10.9. The SMILES string of the molecule is COC(C)CCc1nc2ccc(C(=O)O)cc2s1. The minimum atomic E-state index is -0.903. The van der Waals surface area contributed by atoms with Gasteiger partial charge in [0.05, 0.1) is 26.9 Å². The van der Waals surface area contributed by atoms with Crippen LogP contribution in [0.5, 0.6) is 0 Å². The van der Waals surface area contributed by atoms with E-state index in [-0.39, 0.29) is 6.10 Å². The lowest BCUT2D eigenvalue weighted by Gasteiger charge is -2.06. The van der Waals surface area contributed by atoms with Crippen LogP contribution >= 0.6 is 11.3 Å². The number of methoxy groups -OCH3 is 1. The molecule has 1 atom stereocenters. The molecule has 0 aliphatic carbocycles. The van der Waals surface area contributed by atoms with Gasteiger partial charge in [-0.15, -0.1) is 11.3 Å². The maximum absolute atomic E-state index is 10.9. The summed E-state index contributed by atoms with van der Waals surface area (Å²) in [6.45, 7) is 2.02. The van der Waals surface area contributed by atoms with Gasteiger partial charge >= 0.3 is 5.97 Å². The number of hydrogen-bond donors (Lipinski definition) is 1. The molecule has 0 fully saturated rings. The number of thiazole rings is 1. The standard InChI is InChI=1S/C13H15NO3S/c1-8(17-2)3-6-12-14-10-5-4-9(13(15)16)7-11(10)18-12/h4-5,7-8H,3,6H2,1-2H3,(H,15,16). The number of hydrogen-bond acceptors (Lipinski definition) is 4. The topological polar surface area (TPSA) is 59.4 Å². The van der Waals surface area contributed by atoms with Crippen LogP contribution in [0.15, 0.2) is 18.2 Å². The number of nitrogens with zero attached hydrogens (tertiary/aromatic N) is 1. The fourth-order valence-electron chi connectivity index (χ4n) is 1.66. The van der Waals surface area contributed by atoms with Crippen LogP contribution in [0.25, 0.3) is 10.2 Å². The smallest absolute Gasteiger partial charge is 0.335 e. The van der Waals surface area contributed by atoms with Crippen LogP contribution in [0.4, 0.5) is 0 Å². The lowest BCUT2D eigenvalue weighted by molar-refractivity contribution is 0.0697. The third-order valence-electron chi connectivity index (χ3n) is 2.85. The Labute approximate surface area is 109 Å². The Hall–Kier alpha value is -1.46. The Kier molecular flexibility index (Phi) is 3.93. The van der Waals surface area contributed by atoms with E-state index >= 15 is 0 Å². The average molecular weight is 265 g/mol. The fourth-order valence-corrected chi connectivity index (χ4v) is 2.68. The quantitative estimate of drug-likeness (QED) is 0.903. The zero-order valence-electron chi connectivity index (χ0n) is 10.3. The number of aromatic nitrogens is 1. The van der Waals surface area contributed by atoms with Crippen molar-refractivity contribution in [1.29, 1.82) is 0 Å². The zero-order chi connectivity index (χ0) is 13.1. The number of rotatable bonds is 5. The van der Waals surface area contributed by atoms with E-state index < -0.39 is 5.97 Å². The Balaban J connectivity index is 2.19. The normalized spacial score (nSPS) is 12.8. The molecule has 1 aromatic heterocycles. The first kappa shape index (κ1) is 13.0. The molecule has 0 spiro atoms. The molecule has 18 heavy (non-hydrogen) atoms. The van der Waals surface area contributed by atoms with Crippen molar-refractivity contribution in [2.75, 3.05) is 7.11 Å². The van der Waals surface area contributed by atoms with Gasteiger partial charge in [0.1, 0.15) is 0 Å². The summed E-state index contributed by atoms with van der Waals surface area (Å²) in [6, 6.07) is 5.03. The van der Waals surface area contributed by atoms with E-state index in [9.17, 15) is 4.79 Å². The van der Waals surface area contributed by atoms with Crippen LogP contribution in [0.1, 0.15) is 28.7 Å². The minimum absolute atomic E-state index is 0.214. The molecule has 0 bridgehead atoms. The number of carboxylic acid groups (broad SMARTS) is 1. The van der Waals surface area contributed by atoms with E-state index in [2.05, 4.69) is 4.98 Å². The zero-order valence-corrected chi connectivity index (χ0v) is 11.2. The van der Waals surface area contributed by atoms with Crippen LogP contribution in [-0.2, 0) is 11.2 Å². The van der Waals surface area contributed by atoms with Crippen molar-refractivity contribution in [3.63, 3.8) is 0 Å². The van der Waals surface area contributed by atoms with Gasteiger partial charge in [0.2, 0.25) is 0 Å². The molecule has 0 saturated carbocycles. The Bertz CT molecular complexity index is 564. The summed E-state index contributed by atoms with van der Waals surface area (Å²) in [4.78, 5) is 15.4. The lowest BCUT2D eigenvalue weighted by Crippen LogP contribution is -2.05. The molecule has 2 aromatic rings. The molecule has 96 valence electrons. The lowest BCUT2D eigenvalue weighted by atomic mass is 10.2. The second kappa shape index (κ2) is 5.46. The highest BCUT2D eigenvalue weighted by atomic mass is 32.1. The van der Waals surface area contributed by atoms with Crippen molar-refractivity contribution < 1.29 is 14.6 Å². The number of carbonyl (C=O) groups is 1. The molecule has 0 amide bonds. The van der Waals surface area contributed by atoms with Crippen molar-refractivity contribution >= 4 is 27.5 Å². The first-order valence-corrected chi connectivity index (χ1v) is 6.57. The van der Waals surface area contributed by atoms with Crippen molar-refractivity contribution in [3.05, 3.63) is 28.8 Å². The van der Waals surface area contributed by atoms with Gasteiger partial charge in [-0.25, -0.2) is 9.78 Å². The fraction of sp³-hybridized carbons (Fsp3) is 0.385. The van der Waals surface area contributed by atoms with E-state index in [4.69, 9.17) is 9.84 Å². The van der Waals surface area contributed by atoms with E-state index in [1.807, 2.05) is 6.92 Å². The molecule has 1 heterocycles. The van der Waals surface area contributed by atoms with E-state index in [0.717, 1.165) is 28.1 Å². The minimum Gasteiger partial charge on any atom is -0.478 e. The van der Waals surface area contributed by atoms with Crippen molar-refractivity contribution in [2.45, 2.75) is 25.9 Å². The first-order valence-electron chi connectivity index (χ1n) is 5.75. The first-order chi connectivity index (χ1) is 8.60. The number of aryl methyl sites for hydroxylation is 1. The molecular formula is C13H15NO3S. The molecule has 0 aliphatic rings. The Morgan fingerprint density at radius 1 is 1.56 bits per heavy atom. The molecule has 5 heteroatoms. The second-order valence-electron chi connectivity index (χ2n) is 4.18. The number of aromatic carboxylic acids is 1. The van der Waals surface area contributed by atoms with Gasteiger partial charge in [0.25, 0.3) is 0 Å². The van der Waals surface area contributed by atoms with Gasteiger partial charge < -0.3 is 9.84 Å². The largest absolute Gasteiger partial charge is 0.478 e. The van der Waals surface area contributed by atoms with Crippen molar-refractivity contribution in [2.24, 2.45) is 0 Å². The molecule has 0 saturated heterocycles. The summed E-state index contributed by atoms with van der Waals surface area (Å²) in [7, 11) is 1.70. The summed E-state index contributed by atoms with van der Waals surface area (Å²) in [6.07, 6.45) is 1.99.